The molecule has 4 N–H and O–H groups in total. The van der Waals surface area contributed by atoms with Gasteiger partial charge >= 0.3 is 11.9 Å². The van der Waals surface area contributed by atoms with Crippen LogP contribution in [0.5, 0.6) is 0 Å². The molecule has 0 spiro atoms. The molecule has 0 amide bonds. The van der Waals surface area contributed by atoms with Gasteiger partial charge in [0.1, 0.15) is 12.2 Å². The molecule has 3 aromatic rings. The molecule has 15 heteroatoms. The van der Waals surface area contributed by atoms with Crippen molar-refractivity contribution in [3.8, 4) is 12.3 Å². The van der Waals surface area contributed by atoms with Crippen molar-refractivity contribution >= 4 is 40.5 Å². The zero-order valence-electron chi connectivity index (χ0n) is 22.0. The smallest absolute Gasteiger partial charge is 0.348 e. The van der Waals surface area contributed by atoms with E-state index < -0.39 is 54.6 Å². The predicted octanol–water partition coefficient (Wildman–Crippen LogP) is 0.352. The minimum Gasteiger partial charge on any atom is -0.479 e. The van der Waals surface area contributed by atoms with E-state index in [1.165, 1.54) is 10.9 Å². The fraction of sp³-hybridized carbons (Fsp3) is 0.423. The van der Waals surface area contributed by atoms with E-state index in [1.54, 1.807) is 49.4 Å². The number of carboxylic acids is 2. The average Bonchev–Trinajstić information content (AvgIpc) is 3.47. The Morgan fingerprint density at radius 1 is 1.27 bits per heavy atom. The summed E-state index contributed by atoms with van der Waals surface area (Å²) in [6.45, 7) is 0.0374. The molecule has 218 valence electrons. The fourth-order valence-corrected chi connectivity index (χ4v) is 4.66. The van der Waals surface area contributed by atoms with Crippen LogP contribution in [0.15, 0.2) is 36.7 Å². The maximum absolute atomic E-state index is 12.2. The Kier molecular flexibility index (Phi) is 8.78. The number of hydrogen-bond acceptors (Lipinski definition) is 11. The topological polar surface area (TPSA) is 190 Å². The van der Waals surface area contributed by atoms with Crippen molar-refractivity contribution in [1.29, 1.82) is 0 Å². The van der Waals surface area contributed by atoms with Gasteiger partial charge in [0.05, 0.1) is 19.5 Å². The van der Waals surface area contributed by atoms with E-state index in [0.717, 1.165) is 0 Å². The third-order valence-corrected chi connectivity index (χ3v) is 7.03. The Morgan fingerprint density at radius 3 is 2.56 bits per heavy atom. The number of hydrogen-bond donors (Lipinski definition) is 4. The lowest BCUT2D eigenvalue weighted by Crippen LogP contribution is -2.55. The zero-order chi connectivity index (χ0) is 29.9. The van der Waals surface area contributed by atoms with Gasteiger partial charge in [-0.25, -0.2) is 14.6 Å². The van der Waals surface area contributed by atoms with E-state index in [2.05, 4.69) is 20.9 Å². The van der Waals surface area contributed by atoms with Crippen LogP contribution in [0.3, 0.4) is 0 Å². The number of halogens is 1. The van der Waals surface area contributed by atoms with E-state index >= 15 is 0 Å². The first-order chi connectivity index (χ1) is 19.5. The molecule has 0 radical (unpaired) electrons. The van der Waals surface area contributed by atoms with Crippen LogP contribution >= 0.6 is 11.6 Å². The molecule has 41 heavy (non-hydrogen) atoms. The van der Waals surface area contributed by atoms with Gasteiger partial charge in [-0.1, -0.05) is 36.3 Å². The van der Waals surface area contributed by atoms with Crippen molar-refractivity contribution in [2.75, 3.05) is 38.8 Å². The van der Waals surface area contributed by atoms with Crippen LogP contribution in [0.4, 0.5) is 5.82 Å². The molecule has 4 rings (SSSR count). The van der Waals surface area contributed by atoms with Crippen molar-refractivity contribution in [2.45, 2.75) is 36.1 Å². The van der Waals surface area contributed by atoms with Crippen LogP contribution in [0.2, 0.25) is 5.28 Å². The van der Waals surface area contributed by atoms with Crippen LogP contribution in [-0.4, -0.2) is 109 Å². The second-order valence-electron chi connectivity index (χ2n) is 9.40. The van der Waals surface area contributed by atoms with Gasteiger partial charge in [0.15, 0.2) is 28.8 Å². The van der Waals surface area contributed by atoms with Crippen LogP contribution in [-0.2, 0) is 30.2 Å². The van der Waals surface area contributed by atoms with E-state index in [9.17, 15) is 30.0 Å². The fourth-order valence-electron chi connectivity index (χ4n) is 4.50. The van der Waals surface area contributed by atoms with Gasteiger partial charge in [-0.2, -0.15) is 9.97 Å². The van der Waals surface area contributed by atoms with Gasteiger partial charge in [-0.3, -0.25) is 4.57 Å². The highest BCUT2D eigenvalue weighted by atomic mass is 35.5. The number of carbonyl (C=O) groups is 2. The monoisotopic (exact) mass is 589 g/mol. The first-order valence-electron chi connectivity index (χ1n) is 12.3. The molecule has 1 fully saturated rings. The molecule has 1 aliphatic heterocycles. The summed E-state index contributed by atoms with van der Waals surface area (Å²) in [6, 6.07) is 8.02. The number of aliphatic carboxylic acids is 2. The predicted molar refractivity (Wildman–Crippen MR) is 143 cm³/mol. The summed E-state index contributed by atoms with van der Waals surface area (Å²) in [4.78, 5) is 38.9. The number of likely N-dealkylation sites (N-methyl/N-ethyl adjacent to an activating group) is 1. The first-order valence-corrected chi connectivity index (χ1v) is 12.6. The SMILES string of the molecule is C#C[C@@]1(O)[C@@H](COC(Cc2ccccc2)(C(=O)O)C(=O)O)O[C@@H](n2cnc3c(N(C)CCOC)nc(Cl)nc32)[C@@H]1O. The van der Waals surface area contributed by atoms with Crippen molar-refractivity contribution in [2.24, 2.45) is 0 Å². The number of anilines is 1. The third kappa shape index (κ3) is 5.55. The summed E-state index contributed by atoms with van der Waals surface area (Å²) >= 11 is 6.17. The molecule has 1 aromatic carbocycles. The Hall–Kier alpha value is -3.84. The van der Waals surface area contributed by atoms with Crippen LogP contribution in [0.1, 0.15) is 11.8 Å². The van der Waals surface area contributed by atoms with Crippen molar-refractivity contribution in [3.63, 3.8) is 0 Å². The number of aliphatic hydroxyl groups excluding tert-OH is 1. The number of carboxylic acid groups (broad SMARTS) is 2. The normalized spacial score (nSPS) is 22.5. The maximum Gasteiger partial charge on any atom is 0.348 e. The molecule has 2 aromatic heterocycles. The molecule has 3 heterocycles. The molecular formula is C26H28ClN5O9. The number of ether oxygens (including phenoxy) is 3. The minimum atomic E-state index is -2.74. The minimum absolute atomic E-state index is 0.133. The Labute approximate surface area is 239 Å². The summed E-state index contributed by atoms with van der Waals surface area (Å²) < 4.78 is 17.7. The number of aromatic nitrogens is 4. The standard InChI is InChI=1S/C26H28ClN5O9/c1-4-25(38)16(13-40-26(22(34)35,23(36)37)12-15-8-6-5-7-9-15)41-21(18(25)33)32-14-28-17-19(31(2)10-11-39-3)29-24(27)30-20(17)32/h1,5-9,14,16,18,21,33,38H,10-13H2,2-3H3,(H,34,35)(H,36,37)/t16-,18+,21-,25-/m1/s1. The maximum atomic E-state index is 12.2. The zero-order valence-corrected chi connectivity index (χ0v) is 22.8. The lowest BCUT2D eigenvalue weighted by molar-refractivity contribution is -0.191. The third-order valence-electron chi connectivity index (χ3n) is 6.86. The lowest BCUT2D eigenvalue weighted by Gasteiger charge is -2.30. The summed E-state index contributed by atoms with van der Waals surface area (Å²) in [5.74, 6) is -1.10. The van der Waals surface area contributed by atoms with Crippen LogP contribution in [0.25, 0.3) is 11.2 Å². The largest absolute Gasteiger partial charge is 0.479 e. The van der Waals surface area contributed by atoms with Gasteiger partial charge in [0.2, 0.25) is 5.28 Å². The van der Waals surface area contributed by atoms with E-state index in [-0.39, 0.29) is 10.9 Å². The second-order valence-corrected chi connectivity index (χ2v) is 9.73. The second kappa shape index (κ2) is 12.0. The molecule has 0 saturated carbocycles. The van der Waals surface area contributed by atoms with Crippen molar-refractivity contribution in [3.05, 3.63) is 47.5 Å². The molecule has 14 nitrogen and oxygen atoms in total. The molecule has 4 atom stereocenters. The number of aliphatic hydroxyl groups is 2. The molecular weight excluding hydrogens is 562 g/mol. The summed E-state index contributed by atoms with van der Waals surface area (Å²) in [7, 11) is 3.30. The average molecular weight is 590 g/mol. The highest BCUT2D eigenvalue weighted by Gasteiger charge is 2.58. The van der Waals surface area contributed by atoms with Gasteiger partial charge in [0.25, 0.3) is 5.60 Å². The van der Waals surface area contributed by atoms with E-state index in [4.69, 9.17) is 32.2 Å². The van der Waals surface area contributed by atoms with Gasteiger partial charge in [-0.15, -0.1) is 6.42 Å². The van der Waals surface area contributed by atoms with Crippen LogP contribution in [0, 0.1) is 12.3 Å². The highest BCUT2D eigenvalue weighted by molar-refractivity contribution is 6.28. The number of fused-ring (bicyclic) bond motifs is 1. The highest BCUT2D eigenvalue weighted by Crippen LogP contribution is 2.39. The number of imidazole rings is 1. The number of terminal acetylenes is 1. The Balaban J connectivity index is 1.66. The number of rotatable bonds is 12. The number of methoxy groups -OCH3 is 1. The Morgan fingerprint density at radius 2 is 1.95 bits per heavy atom. The number of benzene rings is 1. The summed E-state index contributed by atoms with van der Waals surface area (Å²) in [6.07, 6.45) is 1.58. The van der Waals surface area contributed by atoms with Gasteiger partial charge in [0, 0.05) is 27.1 Å². The molecule has 0 bridgehead atoms. The molecule has 0 unspecified atom stereocenters. The molecule has 1 aliphatic rings. The quantitative estimate of drug-likeness (QED) is 0.129. The van der Waals surface area contributed by atoms with Crippen molar-refractivity contribution < 1.29 is 44.2 Å². The molecule has 0 aliphatic carbocycles. The van der Waals surface area contributed by atoms with E-state index in [1.807, 2.05) is 0 Å². The Bertz CT molecular complexity index is 1450. The van der Waals surface area contributed by atoms with E-state index in [0.29, 0.717) is 30.0 Å². The molecule has 1 saturated heterocycles. The first kappa shape index (κ1) is 30.1. The number of nitrogens with zero attached hydrogens (tertiary/aromatic N) is 5. The summed E-state index contributed by atoms with van der Waals surface area (Å²) in [5, 5.41) is 42.0. The van der Waals surface area contributed by atoms with Crippen molar-refractivity contribution in [1.82, 2.24) is 19.5 Å². The van der Waals surface area contributed by atoms with Gasteiger partial charge in [-0.05, 0) is 17.2 Å². The van der Waals surface area contributed by atoms with Gasteiger partial charge < -0.3 is 39.5 Å². The summed E-state index contributed by atoms with van der Waals surface area (Å²) in [5.41, 5.74) is -4.34. The lowest BCUT2D eigenvalue weighted by atomic mass is 9.92. The van der Waals surface area contributed by atoms with Crippen LogP contribution < -0.4 is 4.90 Å².